The molecule has 176 valence electrons. The number of piperidine rings is 1. The van der Waals surface area contributed by atoms with Gasteiger partial charge in [-0.3, -0.25) is 4.79 Å². The lowest BCUT2D eigenvalue weighted by Crippen LogP contribution is -2.51. The Bertz CT molecular complexity index is 1260. The molecule has 5 nitrogen and oxygen atoms in total. The first kappa shape index (κ1) is 22.9. The number of hydrogen-bond acceptors (Lipinski definition) is 5. The van der Waals surface area contributed by atoms with Crippen LogP contribution in [-0.2, 0) is 6.42 Å². The van der Waals surface area contributed by atoms with Crippen molar-refractivity contribution in [2.24, 2.45) is 0 Å². The van der Waals surface area contributed by atoms with Crippen molar-refractivity contribution in [3.8, 4) is 5.75 Å². The Labute approximate surface area is 206 Å². The van der Waals surface area contributed by atoms with Crippen molar-refractivity contribution in [3.05, 3.63) is 80.8 Å². The van der Waals surface area contributed by atoms with Gasteiger partial charge in [0.1, 0.15) is 23.0 Å². The van der Waals surface area contributed by atoms with E-state index in [1.165, 1.54) is 5.56 Å². The molecular weight excluding hydrogens is 446 g/mol. The number of nitrogens with zero attached hydrogens (tertiary/aromatic N) is 3. The third-order valence-corrected chi connectivity index (χ3v) is 7.60. The maximum Gasteiger partial charge on any atom is 0.170 e. The van der Waals surface area contributed by atoms with E-state index in [1.807, 2.05) is 38.1 Å². The lowest BCUT2D eigenvalue weighted by molar-refractivity contribution is 0.0224. The third kappa shape index (κ3) is 4.18. The predicted molar refractivity (Wildman–Crippen MR) is 135 cm³/mol. The number of rotatable bonds is 3. The normalized spacial score (nSPS) is 17.0. The fourth-order valence-corrected chi connectivity index (χ4v) is 5.31. The number of hydrogen-bond donors (Lipinski definition) is 0. The highest BCUT2D eigenvalue weighted by Crippen LogP contribution is 2.42. The first-order valence-corrected chi connectivity index (χ1v) is 12.3. The highest BCUT2D eigenvalue weighted by Gasteiger charge is 2.44. The molecule has 0 saturated carbocycles. The second-order valence-electron chi connectivity index (χ2n) is 9.72. The number of benzene rings is 2. The second-order valence-corrected chi connectivity index (χ2v) is 10.2. The van der Waals surface area contributed by atoms with Gasteiger partial charge in [0.15, 0.2) is 5.78 Å². The number of halogens is 1. The van der Waals surface area contributed by atoms with Gasteiger partial charge in [0.2, 0.25) is 0 Å². The lowest BCUT2D eigenvalue weighted by Gasteiger charge is -2.45. The molecule has 5 rings (SSSR count). The summed E-state index contributed by atoms with van der Waals surface area (Å²) < 4.78 is 6.62. The number of fused-ring (bicyclic) bond motifs is 1. The summed E-state index contributed by atoms with van der Waals surface area (Å²) in [5.74, 6) is 2.73. The summed E-state index contributed by atoms with van der Waals surface area (Å²) in [5.41, 5.74) is 5.83. The summed E-state index contributed by atoms with van der Waals surface area (Å²) in [5, 5.41) is 0.733. The van der Waals surface area contributed by atoms with Crippen molar-refractivity contribution < 1.29 is 9.53 Å². The van der Waals surface area contributed by atoms with E-state index in [0.29, 0.717) is 6.42 Å². The zero-order chi connectivity index (χ0) is 24.0. The topological polar surface area (TPSA) is 55.3 Å². The van der Waals surface area contributed by atoms with Crippen molar-refractivity contribution in [1.82, 2.24) is 9.97 Å². The molecule has 2 aliphatic rings. The maximum atomic E-state index is 13.0. The van der Waals surface area contributed by atoms with Crippen LogP contribution >= 0.6 is 11.6 Å². The molecular formula is C28H30ClN3O2. The maximum absolute atomic E-state index is 13.0. The Kier molecular flexibility index (Phi) is 5.85. The van der Waals surface area contributed by atoms with Gasteiger partial charge in [-0.25, -0.2) is 9.97 Å². The van der Waals surface area contributed by atoms with E-state index >= 15 is 0 Å². The Hall–Kier alpha value is -2.92. The van der Waals surface area contributed by atoms with Gasteiger partial charge in [0.25, 0.3) is 0 Å². The van der Waals surface area contributed by atoms with Gasteiger partial charge in [-0.2, -0.15) is 0 Å². The fourth-order valence-electron chi connectivity index (χ4n) is 5.18. The molecule has 1 aromatic heterocycles. The summed E-state index contributed by atoms with van der Waals surface area (Å²) >= 11 is 6.08. The lowest BCUT2D eigenvalue weighted by atomic mass is 9.81. The third-order valence-electron chi connectivity index (χ3n) is 7.35. The quantitative estimate of drug-likeness (QED) is 0.468. The Morgan fingerprint density at radius 3 is 2.41 bits per heavy atom. The average molecular weight is 476 g/mol. The van der Waals surface area contributed by atoms with Gasteiger partial charge in [0.05, 0.1) is 12.0 Å². The van der Waals surface area contributed by atoms with Gasteiger partial charge in [-0.15, -0.1) is 0 Å². The fraction of sp³-hybridized carbons (Fsp3) is 0.393. The Balaban J connectivity index is 1.40. The zero-order valence-electron chi connectivity index (χ0n) is 20.2. The molecule has 3 heterocycles. The molecule has 0 N–H and O–H groups in total. The molecule has 6 heteroatoms. The molecule has 0 amide bonds. The molecule has 0 bridgehead atoms. The summed E-state index contributed by atoms with van der Waals surface area (Å²) in [6.45, 7) is 9.69. The summed E-state index contributed by atoms with van der Waals surface area (Å²) in [6, 6.07) is 11.9. The number of ether oxygens (including phenoxy) is 1. The minimum Gasteiger partial charge on any atom is -0.486 e. The molecule has 2 aliphatic heterocycles. The van der Waals surface area contributed by atoms with E-state index in [9.17, 15) is 4.79 Å². The van der Waals surface area contributed by atoms with Crippen LogP contribution in [0.25, 0.3) is 0 Å². The number of aryl methyl sites for hydroxylation is 3. The number of aromatic nitrogens is 2. The van der Waals surface area contributed by atoms with Gasteiger partial charge < -0.3 is 9.64 Å². The molecule has 2 aromatic carbocycles. The summed E-state index contributed by atoms with van der Waals surface area (Å²) in [7, 11) is 0. The van der Waals surface area contributed by atoms with E-state index in [1.54, 1.807) is 0 Å². The van der Waals surface area contributed by atoms with Crippen LogP contribution in [0.1, 0.15) is 63.4 Å². The van der Waals surface area contributed by atoms with Gasteiger partial charge in [0, 0.05) is 48.6 Å². The minimum atomic E-state index is -0.438. The van der Waals surface area contributed by atoms with E-state index in [-0.39, 0.29) is 5.78 Å². The Morgan fingerprint density at radius 1 is 1.00 bits per heavy atom. The second kappa shape index (κ2) is 8.70. The van der Waals surface area contributed by atoms with Crippen LogP contribution in [0.3, 0.4) is 0 Å². The van der Waals surface area contributed by atoms with Crippen molar-refractivity contribution >= 4 is 23.2 Å². The zero-order valence-corrected chi connectivity index (χ0v) is 21.0. The number of ketones is 1. The van der Waals surface area contributed by atoms with Gasteiger partial charge >= 0.3 is 0 Å². The van der Waals surface area contributed by atoms with Gasteiger partial charge in [-0.1, -0.05) is 29.8 Å². The SMILES string of the molecule is Cc1nc(C)c(Cc2ccc(Cl)cc2)c(N2CCC3(CC2)CC(=O)c2ccc(C)c(C)c2O3)n1. The molecule has 1 spiro atoms. The summed E-state index contributed by atoms with van der Waals surface area (Å²) in [6.07, 6.45) is 2.76. The average Bonchev–Trinajstić information content (AvgIpc) is 2.80. The standard InChI is InChI=1S/C28H30ClN3O2/c1-17-5-10-23-25(33)16-28(34-26(23)18(17)2)11-13-32(14-12-28)27-24(19(3)30-20(4)31-27)15-21-6-8-22(29)9-7-21/h5-10H,11-16H2,1-4H3. The number of carbonyl (C=O) groups excluding carboxylic acids is 1. The molecule has 1 saturated heterocycles. The first-order valence-electron chi connectivity index (χ1n) is 11.9. The monoisotopic (exact) mass is 475 g/mol. The molecule has 0 unspecified atom stereocenters. The van der Waals surface area contributed by atoms with E-state index in [4.69, 9.17) is 21.3 Å². The molecule has 0 aliphatic carbocycles. The van der Waals surface area contributed by atoms with Crippen molar-refractivity contribution in [2.75, 3.05) is 18.0 Å². The molecule has 34 heavy (non-hydrogen) atoms. The highest BCUT2D eigenvalue weighted by atomic mass is 35.5. The molecule has 3 aromatic rings. The van der Waals surface area contributed by atoms with E-state index in [0.717, 1.165) is 82.7 Å². The van der Waals surface area contributed by atoms with Crippen LogP contribution in [0.5, 0.6) is 5.75 Å². The van der Waals surface area contributed by atoms with Crippen LogP contribution in [0.2, 0.25) is 5.02 Å². The van der Waals surface area contributed by atoms with E-state index in [2.05, 4.69) is 35.9 Å². The van der Waals surface area contributed by atoms with Crippen molar-refractivity contribution in [1.29, 1.82) is 0 Å². The molecule has 1 fully saturated rings. The smallest absolute Gasteiger partial charge is 0.170 e. The predicted octanol–water partition coefficient (Wildman–Crippen LogP) is 5.96. The first-order chi connectivity index (χ1) is 16.2. The van der Waals surface area contributed by atoms with Crippen LogP contribution in [0, 0.1) is 27.7 Å². The highest BCUT2D eigenvalue weighted by molar-refractivity contribution is 6.30. The number of Topliss-reactive ketones (excluding diaryl/α,β-unsaturated/α-hetero) is 1. The Morgan fingerprint density at radius 2 is 1.71 bits per heavy atom. The van der Waals surface area contributed by atoms with Crippen LogP contribution in [0.15, 0.2) is 36.4 Å². The summed E-state index contributed by atoms with van der Waals surface area (Å²) in [4.78, 5) is 24.9. The van der Waals surface area contributed by atoms with Crippen molar-refractivity contribution in [2.45, 2.75) is 59.0 Å². The van der Waals surface area contributed by atoms with Crippen LogP contribution in [0.4, 0.5) is 5.82 Å². The number of carbonyl (C=O) groups is 1. The molecule has 0 atom stereocenters. The van der Waals surface area contributed by atoms with Crippen LogP contribution in [-0.4, -0.2) is 34.4 Å². The van der Waals surface area contributed by atoms with E-state index < -0.39 is 5.60 Å². The van der Waals surface area contributed by atoms with Gasteiger partial charge in [-0.05, 0) is 62.6 Å². The number of anilines is 1. The van der Waals surface area contributed by atoms with Crippen molar-refractivity contribution in [3.63, 3.8) is 0 Å². The minimum absolute atomic E-state index is 0.190. The largest absolute Gasteiger partial charge is 0.486 e. The van der Waals surface area contributed by atoms with Crippen LogP contribution < -0.4 is 9.64 Å². The molecule has 0 radical (unpaired) electrons.